The van der Waals surface area contributed by atoms with Gasteiger partial charge in [-0.05, 0) is 43.2 Å². The first kappa shape index (κ1) is 18.6. The van der Waals surface area contributed by atoms with Crippen LogP contribution in [0.1, 0.15) is 11.1 Å². The number of carbonyl (C=O) groups is 1. The number of hydrogen-bond donors (Lipinski definition) is 1. The number of sulfonamides is 1. The molecule has 0 radical (unpaired) electrons. The van der Waals surface area contributed by atoms with E-state index in [1.807, 2.05) is 0 Å². The average molecular weight is 387 g/mol. The van der Waals surface area contributed by atoms with Gasteiger partial charge in [0.05, 0.1) is 10.7 Å². The number of halogens is 2. The maximum Gasteiger partial charge on any atom is 0.266 e. The molecule has 128 valence electrons. The molecule has 8 heteroatoms. The number of amides is 1. The second kappa shape index (κ2) is 7.01. The number of aryl methyl sites for hydroxylation is 2. The molecule has 2 aromatic carbocycles. The third kappa shape index (κ3) is 3.66. The van der Waals surface area contributed by atoms with Crippen LogP contribution in [0.4, 0.5) is 5.69 Å². The van der Waals surface area contributed by atoms with E-state index in [2.05, 4.69) is 0 Å². The Bertz CT molecular complexity index is 878. The highest BCUT2D eigenvalue weighted by Crippen LogP contribution is 2.33. The number of anilines is 1. The fourth-order valence-electron chi connectivity index (χ4n) is 2.42. The van der Waals surface area contributed by atoms with Crippen molar-refractivity contribution in [2.45, 2.75) is 18.7 Å². The van der Waals surface area contributed by atoms with Crippen LogP contribution < -0.4 is 10.0 Å². The van der Waals surface area contributed by atoms with Crippen LogP contribution in [-0.2, 0) is 14.8 Å². The van der Waals surface area contributed by atoms with Gasteiger partial charge in [0.25, 0.3) is 10.0 Å². The van der Waals surface area contributed by atoms with Crippen molar-refractivity contribution in [3.63, 3.8) is 0 Å². The third-order valence-corrected chi connectivity index (χ3v) is 5.91. The summed E-state index contributed by atoms with van der Waals surface area (Å²) in [5.74, 6) is -0.778. The van der Waals surface area contributed by atoms with Gasteiger partial charge in [0.2, 0.25) is 5.91 Å². The summed E-state index contributed by atoms with van der Waals surface area (Å²) in [6.07, 6.45) is 0. The van der Waals surface area contributed by atoms with Crippen LogP contribution in [0.3, 0.4) is 0 Å². The average Bonchev–Trinajstić information content (AvgIpc) is 2.48. The molecule has 0 aliphatic heterocycles. The van der Waals surface area contributed by atoms with E-state index in [0.717, 1.165) is 4.31 Å². The van der Waals surface area contributed by atoms with Crippen LogP contribution in [0, 0.1) is 13.8 Å². The van der Waals surface area contributed by atoms with Crippen molar-refractivity contribution >= 4 is 44.8 Å². The lowest BCUT2D eigenvalue weighted by atomic mass is 10.1. The number of para-hydroxylation sites is 1. The fraction of sp³-hybridized carbons (Fsp3) is 0.188. The van der Waals surface area contributed by atoms with E-state index in [9.17, 15) is 13.2 Å². The number of rotatable bonds is 5. The second-order valence-corrected chi connectivity index (χ2v) is 7.97. The maximum atomic E-state index is 13.1. The molecule has 0 heterocycles. The molecule has 0 saturated carbocycles. The molecule has 5 nitrogen and oxygen atoms in total. The highest BCUT2D eigenvalue weighted by molar-refractivity contribution is 7.93. The lowest BCUT2D eigenvalue weighted by molar-refractivity contribution is -0.116. The molecule has 0 bridgehead atoms. The zero-order valence-corrected chi connectivity index (χ0v) is 15.4. The highest BCUT2D eigenvalue weighted by atomic mass is 35.5. The zero-order chi connectivity index (χ0) is 18.1. The van der Waals surface area contributed by atoms with Gasteiger partial charge in [0.1, 0.15) is 11.4 Å². The van der Waals surface area contributed by atoms with Crippen molar-refractivity contribution in [1.29, 1.82) is 0 Å². The second-order valence-electron chi connectivity index (χ2n) is 5.29. The molecule has 0 saturated heterocycles. The normalized spacial score (nSPS) is 11.3. The molecule has 0 atom stereocenters. The monoisotopic (exact) mass is 386 g/mol. The molecular formula is C16H16Cl2N2O3S. The molecule has 24 heavy (non-hydrogen) atoms. The van der Waals surface area contributed by atoms with Gasteiger partial charge in [-0.2, -0.15) is 0 Å². The first-order valence-corrected chi connectivity index (χ1v) is 9.16. The Morgan fingerprint density at radius 1 is 1.12 bits per heavy atom. The number of nitrogens with two attached hydrogens (primary N) is 1. The van der Waals surface area contributed by atoms with Crippen LogP contribution in [0.2, 0.25) is 10.0 Å². The van der Waals surface area contributed by atoms with Gasteiger partial charge in [0, 0.05) is 5.02 Å². The van der Waals surface area contributed by atoms with Gasteiger partial charge < -0.3 is 5.73 Å². The van der Waals surface area contributed by atoms with Gasteiger partial charge in [-0.15, -0.1) is 0 Å². The fourth-order valence-corrected chi connectivity index (χ4v) is 4.72. The summed E-state index contributed by atoms with van der Waals surface area (Å²) in [5, 5.41) is 0.235. The molecule has 0 fully saturated rings. The molecule has 0 unspecified atom stereocenters. The van der Waals surface area contributed by atoms with E-state index in [-0.39, 0.29) is 14.9 Å². The molecule has 0 aliphatic carbocycles. The van der Waals surface area contributed by atoms with E-state index in [1.54, 1.807) is 32.0 Å². The first-order valence-electron chi connectivity index (χ1n) is 6.97. The quantitative estimate of drug-likeness (QED) is 0.855. The largest absolute Gasteiger partial charge is 0.368 e. The number of hydrogen-bond acceptors (Lipinski definition) is 3. The first-order chi connectivity index (χ1) is 11.1. The van der Waals surface area contributed by atoms with Gasteiger partial charge in [-0.25, -0.2) is 8.42 Å². The SMILES string of the molecule is Cc1cccc(C)c1N(CC(N)=O)S(=O)(=O)c1cc(Cl)ccc1Cl. The predicted octanol–water partition coefficient (Wildman–Crippen LogP) is 3.29. The van der Waals surface area contributed by atoms with E-state index in [4.69, 9.17) is 28.9 Å². The summed E-state index contributed by atoms with van der Waals surface area (Å²) in [7, 11) is -4.13. The minimum absolute atomic E-state index is 0.0140. The lowest BCUT2D eigenvalue weighted by Gasteiger charge is -2.27. The lowest BCUT2D eigenvalue weighted by Crippen LogP contribution is -2.39. The van der Waals surface area contributed by atoms with Crippen LogP contribution in [0.5, 0.6) is 0 Å². The third-order valence-electron chi connectivity index (χ3n) is 3.45. The Morgan fingerprint density at radius 2 is 1.71 bits per heavy atom. The summed E-state index contributed by atoms with van der Waals surface area (Å²) >= 11 is 12.0. The smallest absolute Gasteiger partial charge is 0.266 e. The number of carbonyl (C=O) groups excluding carboxylic acids is 1. The minimum atomic E-state index is -4.13. The number of benzene rings is 2. The molecule has 2 N–H and O–H groups in total. The van der Waals surface area contributed by atoms with Crippen molar-refractivity contribution in [2.24, 2.45) is 5.73 Å². The molecule has 2 aromatic rings. The Labute approximate surface area is 151 Å². The van der Waals surface area contributed by atoms with Crippen molar-refractivity contribution < 1.29 is 13.2 Å². The molecular weight excluding hydrogens is 371 g/mol. The van der Waals surface area contributed by atoms with Crippen LogP contribution in [-0.4, -0.2) is 20.9 Å². The van der Waals surface area contributed by atoms with Gasteiger partial charge in [-0.1, -0.05) is 41.4 Å². The molecule has 0 aromatic heterocycles. The molecule has 0 spiro atoms. The van der Waals surface area contributed by atoms with Gasteiger partial charge >= 0.3 is 0 Å². The van der Waals surface area contributed by atoms with E-state index < -0.39 is 22.5 Å². The molecule has 0 aliphatic rings. The van der Waals surface area contributed by atoms with Gasteiger partial charge in [0.15, 0.2) is 0 Å². The molecule has 1 amide bonds. The summed E-state index contributed by atoms with van der Waals surface area (Å²) in [6, 6.07) is 9.44. The van der Waals surface area contributed by atoms with Crippen molar-refractivity contribution in [3.05, 3.63) is 57.6 Å². The van der Waals surface area contributed by atoms with E-state index >= 15 is 0 Å². The Hall–Kier alpha value is -1.76. The van der Waals surface area contributed by atoms with E-state index in [0.29, 0.717) is 16.8 Å². The Balaban J connectivity index is 2.72. The number of nitrogens with zero attached hydrogens (tertiary/aromatic N) is 1. The highest BCUT2D eigenvalue weighted by Gasteiger charge is 2.30. The van der Waals surface area contributed by atoms with Crippen LogP contribution >= 0.6 is 23.2 Å². The van der Waals surface area contributed by atoms with Crippen molar-refractivity contribution in [2.75, 3.05) is 10.8 Å². The van der Waals surface area contributed by atoms with Crippen LogP contribution in [0.25, 0.3) is 0 Å². The molecule has 2 rings (SSSR count). The summed E-state index contributed by atoms with van der Waals surface area (Å²) in [5.41, 5.74) is 7.05. The zero-order valence-electron chi connectivity index (χ0n) is 13.1. The number of primary amides is 1. The predicted molar refractivity (Wildman–Crippen MR) is 96.1 cm³/mol. The topological polar surface area (TPSA) is 80.5 Å². The van der Waals surface area contributed by atoms with Crippen LogP contribution in [0.15, 0.2) is 41.3 Å². The summed E-state index contributed by atoms with van der Waals surface area (Å²) in [6.45, 7) is 3.01. The summed E-state index contributed by atoms with van der Waals surface area (Å²) < 4.78 is 27.2. The van der Waals surface area contributed by atoms with Crippen molar-refractivity contribution in [3.8, 4) is 0 Å². The minimum Gasteiger partial charge on any atom is -0.368 e. The Morgan fingerprint density at radius 3 is 2.25 bits per heavy atom. The van der Waals surface area contributed by atoms with Gasteiger partial charge in [-0.3, -0.25) is 9.10 Å². The standard InChI is InChI=1S/C16H16Cl2N2O3S/c1-10-4-3-5-11(2)16(10)20(9-15(19)21)24(22,23)14-8-12(17)6-7-13(14)18/h3-8H,9H2,1-2H3,(H2,19,21). The summed E-state index contributed by atoms with van der Waals surface area (Å²) in [4.78, 5) is 11.3. The Kier molecular flexibility index (Phi) is 5.42. The maximum absolute atomic E-state index is 13.1. The van der Waals surface area contributed by atoms with E-state index in [1.165, 1.54) is 18.2 Å². The van der Waals surface area contributed by atoms with Crippen molar-refractivity contribution in [1.82, 2.24) is 0 Å².